The molecule has 0 atom stereocenters. The van der Waals surface area contributed by atoms with Gasteiger partial charge in [-0.25, -0.2) is 0 Å². The first-order valence-corrected chi connectivity index (χ1v) is 4.71. The van der Waals surface area contributed by atoms with Crippen LogP contribution in [0.25, 0.3) is 0 Å². The Balaban J connectivity index is 0. The van der Waals surface area contributed by atoms with Gasteiger partial charge in [0.25, 0.3) is 5.15 Å². The van der Waals surface area contributed by atoms with Gasteiger partial charge in [0, 0.05) is 18.6 Å². The summed E-state index contributed by atoms with van der Waals surface area (Å²) in [6.45, 7) is 0. The first-order chi connectivity index (χ1) is 7.07. The summed E-state index contributed by atoms with van der Waals surface area (Å²) < 4.78 is 1.85. The van der Waals surface area contributed by atoms with Gasteiger partial charge in [-0.2, -0.15) is 4.57 Å². The van der Waals surface area contributed by atoms with Crippen molar-refractivity contribution in [1.82, 2.24) is 0 Å². The summed E-state index contributed by atoms with van der Waals surface area (Å²) >= 11 is 5.67. The molecular weight excluding hydrogens is 340 g/mol. The van der Waals surface area contributed by atoms with Crippen molar-refractivity contribution in [2.75, 3.05) is 0 Å². The van der Waals surface area contributed by atoms with Crippen molar-refractivity contribution in [3.8, 4) is 12.3 Å². The van der Waals surface area contributed by atoms with E-state index in [9.17, 15) is 4.79 Å². The van der Waals surface area contributed by atoms with E-state index in [0.29, 0.717) is 6.42 Å². The summed E-state index contributed by atoms with van der Waals surface area (Å²) in [5.41, 5.74) is 0. The lowest BCUT2D eigenvalue weighted by molar-refractivity contribution is -0.669. The third-order valence-corrected chi connectivity index (χ3v) is 1.87. The zero-order chi connectivity index (χ0) is 11.7. The number of hydrogen-bond acceptors (Lipinski definition) is 1. The molecule has 0 aliphatic carbocycles. The van der Waals surface area contributed by atoms with Crippen LogP contribution in [0.15, 0.2) is 24.4 Å². The van der Waals surface area contributed by atoms with Crippen LogP contribution in [0.2, 0.25) is 5.15 Å². The minimum atomic E-state index is -0.835. The molecule has 0 fully saturated rings. The second kappa shape index (κ2) is 10.7. The molecule has 1 rings (SSSR count). The Bertz CT molecular complexity index is 342. The van der Waals surface area contributed by atoms with Crippen molar-refractivity contribution >= 4 is 17.6 Å². The third-order valence-electron chi connectivity index (χ3n) is 1.47. The molecule has 1 aromatic rings. The number of aromatic nitrogens is 1. The number of carboxylic acids is 1. The lowest BCUT2D eigenvalue weighted by Crippen LogP contribution is -3.00. The first kappa shape index (κ1) is 17.6. The van der Waals surface area contributed by atoms with E-state index >= 15 is 0 Å². The molecule has 1 N–H and O–H groups in total. The summed E-state index contributed by atoms with van der Waals surface area (Å²) in [5.74, 6) is 1.38. The van der Waals surface area contributed by atoms with Gasteiger partial charge in [-0.05, 0) is 17.7 Å². The molecule has 0 saturated heterocycles. The molecule has 16 heavy (non-hydrogen) atoms. The standard InChI is InChI=1S/C6H7ClN.C5H6O2.HI/c1-8-5-3-2-4-6(8)7;1-2-3-4-5(6)7;/h2-5H,1H3;1H,3-4H2,(H,6,7);1H/q+1;;/p-1. The van der Waals surface area contributed by atoms with Crippen LogP contribution in [0, 0.1) is 12.3 Å². The van der Waals surface area contributed by atoms with Crippen molar-refractivity contribution in [2.45, 2.75) is 12.8 Å². The van der Waals surface area contributed by atoms with Crippen LogP contribution in [0.4, 0.5) is 0 Å². The van der Waals surface area contributed by atoms with Gasteiger partial charge in [0.1, 0.15) is 7.05 Å². The van der Waals surface area contributed by atoms with Crippen LogP contribution >= 0.6 is 11.6 Å². The Morgan fingerprint density at radius 1 is 1.62 bits per heavy atom. The summed E-state index contributed by atoms with van der Waals surface area (Å²) in [6.07, 6.45) is 7.08. The van der Waals surface area contributed by atoms with Gasteiger partial charge < -0.3 is 29.1 Å². The number of aliphatic carboxylic acids is 1. The number of carboxylic acid groups (broad SMARTS) is 1. The van der Waals surface area contributed by atoms with Crippen LogP contribution in [-0.4, -0.2) is 11.1 Å². The van der Waals surface area contributed by atoms with Gasteiger partial charge in [-0.1, -0.05) is 0 Å². The van der Waals surface area contributed by atoms with Crippen molar-refractivity contribution in [2.24, 2.45) is 7.05 Å². The highest BCUT2D eigenvalue weighted by atomic mass is 127. The number of carbonyl (C=O) groups is 1. The van der Waals surface area contributed by atoms with Crippen LogP contribution in [0.1, 0.15) is 12.8 Å². The highest BCUT2D eigenvalue weighted by Crippen LogP contribution is 1.95. The Morgan fingerprint density at radius 2 is 2.25 bits per heavy atom. The molecule has 0 bridgehead atoms. The molecule has 0 radical (unpaired) electrons. The molecule has 0 aliphatic heterocycles. The van der Waals surface area contributed by atoms with E-state index in [1.807, 2.05) is 36.0 Å². The predicted molar refractivity (Wildman–Crippen MR) is 58.3 cm³/mol. The molecule has 1 aromatic heterocycles. The van der Waals surface area contributed by atoms with Crippen molar-refractivity contribution < 1.29 is 38.4 Å². The van der Waals surface area contributed by atoms with E-state index in [2.05, 4.69) is 5.92 Å². The Kier molecular flexibility index (Phi) is 11.8. The maximum atomic E-state index is 9.66. The van der Waals surface area contributed by atoms with E-state index in [1.54, 1.807) is 0 Å². The first-order valence-electron chi connectivity index (χ1n) is 4.33. The number of terminal acetylenes is 1. The minimum absolute atomic E-state index is 0. The van der Waals surface area contributed by atoms with Gasteiger partial charge in [-0.3, -0.25) is 4.79 Å². The lowest BCUT2D eigenvalue weighted by Gasteiger charge is -1.84. The number of pyridine rings is 1. The lowest BCUT2D eigenvalue weighted by atomic mass is 10.3. The van der Waals surface area contributed by atoms with Gasteiger partial charge in [-0.15, -0.1) is 12.3 Å². The Labute approximate surface area is 117 Å². The van der Waals surface area contributed by atoms with E-state index in [0.717, 1.165) is 5.15 Å². The van der Waals surface area contributed by atoms with E-state index in [1.165, 1.54) is 0 Å². The molecule has 88 valence electrons. The number of halogens is 2. The predicted octanol–water partition coefficient (Wildman–Crippen LogP) is -1.35. The third kappa shape index (κ3) is 9.74. The molecule has 0 spiro atoms. The van der Waals surface area contributed by atoms with Gasteiger partial charge >= 0.3 is 5.97 Å². The van der Waals surface area contributed by atoms with Crippen molar-refractivity contribution in [3.05, 3.63) is 29.5 Å². The number of nitrogens with zero attached hydrogens (tertiary/aromatic N) is 1. The fourth-order valence-electron chi connectivity index (χ4n) is 0.682. The molecule has 0 aromatic carbocycles. The Hall–Kier alpha value is -0.800. The van der Waals surface area contributed by atoms with Gasteiger partial charge in [0.2, 0.25) is 0 Å². The normalized spacial score (nSPS) is 7.81. The topological polar surface area (TPSA) is 41.2 Å². The molecule has 3 nitrogen and oxygen atoms in total. The van der Waals surface area contributed by atoms with Crippen molar-refractivity contribution in [3.63, 3.8) is 0 Å². The average molecular weight is 354 g/mol. The molecule has 1 heterocycles. The highest BCUT2D eigenvalue weighted by molar-refractivity contribution is 6.28. The van der Waals surface area contributed by atoms with E-state index < -0.39 is 5.97 Å². The fraction of sp³-hybridized carbons (Fsp3) is 0.273. The summed E-state index contributed by atoms with van der Waals surface area (Å²) in [5, 5.41) is 8.71. The summed E-state index contributed by atoms with van der Waals surface area (Å²) in [6, 6.07) is 5.69. The van der Waals surface area contributed by atoms with Crippen LogP contribution in [-0.2, 0) is 11.8 Å². The SMILES string of the molecule is C#CCCC(=O)O.C[n+]1ccccc1Cl.[I-]. The monoisotopic (exact) mass is 353 g/mol. The maximum Gasteiger partial charge on any atom is 0.304 e. The van der Waals surface area contributed by atoms with Crippen LogP contribution < -0.4 is 28.5 Å². The zero-order valence-corrected chi connectivity index (χ0v) is 11.8. The summed E-state index contributed by atoms with van der Waals surface area (Å²) in [7, 11) is 1.91. The number of hydrogen-bond donors (Lipinski definition) is 1. The molecule has 0 unspecified atom stereocenters. The van der Waals surface area contributed by atoms with Crippen LogP contribution in [0.5, 0.6) is 0 Å². The maximum absolute atomic E-state index is 9.66. The molecule has 0 saturated carbocycles. The second-order valence-electron chi connectivity index (χ2n) is 2.73. The van der Waals surface area contributed by atoms with E-state index in [4.69, 9.17) is 23.1 Å². The van der Waals surface area contributed by atoms with Crippen molar-refractivity contribution in [1.29, 1.82) is 0 Å². The molecule has 0 aliphatic rings. The number of aryl methyl sites for hydroxylation is 1. The smallest absolute Gasteiger partial charge is 0.304 e. The second-order valence-corrected chi connectivity index (χ2v) is 3.12. The zero-order valence-electron chi connectivity index (χ0n) is 8.86. The van der Waals surface area contributed by atoms with Crippen LogP contribution in [0.3, 0.4) is 0 Å². The van der Waals surface area contributed by atoms with Gasteiger partial charge in [0.05, 0.1) is 6.42 Å². The Morgan fingerprint density at radius 3 is 2.50 bits per heavy atom. The largest absolute Gasteiger partial charge is 1.00 e. The highest BCUT2D eigenvalue weighted by Gasteiger charge is 1.95. The molecule has 5 heteroatoms. The van der Waals surface area contributed by atoms with E-state index in [-0.39, 0.29) is 30.4 Å². The fourth-order valence-corrected chi connectivity index (χ4v) is 0.811. The average Bonchev–Trinajstić information content (AvgIpc) is 2.20. The quantitative estimate of drug-likeness (QED) is 0.309. The molecule has 0 amide bonds. The minimum Gasteiger partial charge on any atom is -1.00 e. The number of rotatable bonds is 2. The molecular formula is C11H13ClINO2. The van der Waals surface area contributed by atoms with Gasteiger partial charge in [0.15, 0.2) is 6.20 Å². The summed E-state index contributed by atoms with van der Waals surface area (Å²) in [4.78, 5) is 9.66.